The lowest BCUT2D eigenvalue weighted by molar-refractivity contribution is -0.120. The second kappa shape index (κ2) is 12.3. The Bertz CT molecular complexity index is 1710. The lowest BCUT2D eigenvalue weighted by atomic mass is 9.94. The van der Waals surface area contributed by atoms with Gasteiger partial charge in [-0.05, 0) is 47.8 Å². The average molecular weight is 683 g/mol. The molecule has 0 radical (unpaired) electrons. The maximum absolute atomic E-state index is 16.3. The molecule has 6 atom stereocenters. The molecule has 3 heterocycles. The topological polar surface area (TPSA) is 212 Å². The van der Waals surface area contributed by atoms with Gasteiger partial charge in [0.05, 0.1) is 19.0 Å². The number of nitrogen functional groups attached to an aromatic ring is 1. The number of nitrogens with two attached hydrogens (primary N) is 1. The van der Waals surface area contributed by atoms with Gasteiger partial charge in [-0.2, -0.15) is 5.26 Å². The Balaban J connectivity index is 1.66. The maximum Gasteiger partial charge on any atom is 0.380 e. The number of benzene rings is 1. The smallest absolute Gasteiger partial charge is 0.380 e. The Labute approximate surface area is 253 Å². The summed E-state index contributed by atoms with van der Waals surface area (Å²) in [6.07, 6.45) is -2.61. The molecule has 4 N–H and O–H groups in total. The van der Waals surface area contributed by atoms with Crippen molar-refractivity contribution in [1.29, 1.82) is 5.26 Å². The fourth-order valence-corrected chi connectivity index (χ4v) is 7.19. The number of halogens is 2. The summed E-state index contributed by atoms with van der Waals surface area (Å²) in [7, 11) is -4.22. The number of hydrogen-bond donors (Lipinski definition) is 3. The van der Waals surface area contributed by atoms with Crippen LogP contribution in [0.4, 0.5) is 10.3 Å². The molecule has 1 aromatic carbocycles. The highest BCUT2D eigenvalue weighted by Crippen LogP contribution is 2.55. The van der Waals surface area contributed by atoms with Crippen LogP contribution in [-0.2, 0) is 35.4 Å². The summed E-state index contributed by atoms with van der Waals surface area (Å²) in [6.45, 7) is 3.53. The van der Waals surface area contributed by atoms with Crippen LogP contribution in [0, 0.1) is 17.2 Å². The fourth-order valence-electron chi connectivity index (χ4n) is 4.50. The third kappa shape index (κ3) is 6.27. The number of ether oxygens (including phenoxy) is 1. The standard InChI is InChI=1S/C26H29BrFN6O8P/c1-14(16(3)36)12-43(39,42-18-7-5-4-6-17(18)9-8-15(2)35)40-11-19-21(37)26(27,28)25(13-29,41-19)20-10-31-22-23(38)32-24(30)33-34(20)22/h4-7,10,14,19,21,37H,8-9,11-12H2,1-3H3,(H3,30,32,33,38)/t14-,19-,21+,25+,26?,43?/m1/s1. The molecule has 0 aliphatic carbocycles. The second-order valence-electron chi connectivity index (χ2n) is 10.2. The molecule has 2 unspecified atom stereocenters. The number of carbonyl (C=O) groups is 2. The van der Waals surface area contributed by atoms with Crippen molar-refractivity contribution in [2.75, 3.05) is 18.5 Å². The molecule has 14 nitrogen and oxygen atoms in total. The van der Waals surface area contributed by atoms with Crippen molar-refractivity contribution in [3.05, 3.63) is 52.1 Å². The van der Waals surface area contributed by atoms with E-state index in [0.717, 1.165) is 10.7 Å². The number of aromatic nitrogens is 4. The van der Waals surface area contributed by atoms with Crippen LogP contribution in [0.1, 0.15) is 38.4 Å². The van der Waals surface area contributed by atoms with Crippen molar-refractivity contribution >= 4 is 46.7 Å². The first-order chi connectivity index (χ1) is 20.1. The Morgan fingerprint density at radius 1 is 1.40 bits per heavy atom. The molecule has 1 aliphatic rings. The molecular weight excluding hydrogens is 654 g/mol. The number of hydrogen-bond acceptors (Lipinski definition) is 12. The normalized spacial score (nSPS) is 25.6. The summed E-state index contributed by atoms with van der Waals surface area (Å²) in [6, 6.07) is 8.24. The van der Waals surface area contributed by atoms with Gasteiger partial charge in [0.2, 0.25) is 21.8 Å². The first-order valence-electron chi connectivity index (χ1n) is 13.0. The Hall–Kier alpha value is -3.48. The quantitative estimate of drug-likeness (QED) is 0.186. The monoisotopic (exact) mass is 682 g/mol. The average Bonchev–Trinajstić information content (AvgIpc) is 3.44. The number of ketones is 2. The largest absolute Gasteiger partial charge is 0.424 e. The molecule has 0 saturated carbocycles. The molecule has 1 saturated heterocycles. The molecule has 4 rings (SSSR count). The minimum atomic E-state index is -4.22. The molecule has 43 heavy (non-hydrogen) atoms. The lowest BCUT2D eigenvalue weighted by Gasteiger charge is -2.28. The number of aromatic amines is 1. The van der Waals surface area contributed by atoms with Gasteiger partial charge in [0.25, 0.3) is 5.56 Å². The number of nitrogens with one attached hydrogen (secondary N) is 1. The van der Waals surface area contributed by atoms with Crippen LogP contribution < -0.4 is 15.8 Å². The van der Waals surface area contributed by atoms with E-state index in [1.807, 2.05) is 0 Å². The van der Waals surface area contributed by atoms with Crippen molar-refractivity contribution < 1.29 is 37.4 Å². The van der Waals surface area contributed by atoms with Crippen molar-refractivity contribution in [1.82, 2.24) is 19.6 Å². The van der Waals surface area contributed by atoms with E-state index in [9.17, 15) is 29.3 Å². The summed E-state index contributed by atoms with van der Waals surface area (Å²) in [4.78, 5) is 42.0. The predicted octanol–water partition coefficient (Wildman–Crippen LogP) is 2.57. The number of alkyl halides is 2. The zero-order valence-corrected chi connectivity index (χ0v) is 25.8. The number of carbonyl (C=O) groups excluding carboxylic acids is 2. The molecule has 230 valence electrons. The van der Waals surface area contributed by atoms with Crippen LogP contribution >= 0.6 is 23.5 Å². The van der Waals surface area contributed by atoms with Crippen LogP contribution in [0.5, 0.6) is 5.75 Å². The summed E-state index contributed by atoms with van der Waals surface area (Å²) < 4.78 is 45.4. The van der Waals surface area contributed by atoms with Gasteiger partial charge in [0.15, 0.2) is 0 Å². The fraction of sp³-hybridized carbons (Fsp3) is 0.462. The molecule has 0 spiro atoms. The van der Waals surface area contributed by atoms with E-state index >= 15 is 4.39 Å². The van der Waals surface area contributed by atoms with Crippen molar-refractivity contribution in [2.24, 2.45) is 5.92 Å². The predicted molar refractivity (Wildman–Crippen MR) is 153 cm³/mol. The van der Waals surface area contributed by atoms with Gasteiger partial charge in [-0.25, -0.2) is 18.5 Å². The van der Waals surface area contributed by atoms with Gasteiger partial charge in [-0.1, -0.05) is 25.1 Å². The first-order valence-corrected chi connectivity index (χ1v) is 15.6. The number of para-hydroxylation sites is 1. The number of imidazole rings is 1. The van der Waals surface area contributed by atoms with Crippen molar-refractivity contribution in [2.45, 2.75) is 56.0 Å². The number of nitrogens with zero attached hydrogens (tertiary/aromatic N) is 4. The number of fused-ring (bicyclic) bond motifs is 1. The molecule has 3 aromatic rings. The van der Waals surface area contributed by atoms with Gasteiger partial charge >= 0.3 is 7.60 Å². The number of nitriles is 1. The zero-order valence-electron chi connectivity index (χ0n) is 23.3. The minimum Gasteiger partial charge on any atom is -0.424 e. The highest BCUT2D eigenvalue weighted by Gasteiger charge is 2.69. The van der Waals surface area contributed by atoms with Gasteiger partial charge in [0, 0.05) is 12.3 Å². The van der Waals surface area contributed by atoms with Crippen LogP contribution in [0.3, 0.4) is 0 Å². The Kier molecular flexibility index (Phi) is 9.24. The van der Waals surface area contributed by atoms with E-state index in [2.05, 4.69) is 31.0 Å². The molecule has 17 heteroatoms. The number of aliphatic hydroxyl groups excluding tert-OH is 1. The zero-order chi connectivity index (χ0) is 31.7. The first kappa shape index (κ1) is 32.4. The van der Waals surface area contributed by atoms with E-state index in [1.165, 1.54) is 26.8 Å². The number of Topliss-reactive ketones (excluding diaryl/α,β-unsaturated/α-hetero) is 2. The minimum absolute atomic E-state index is 0.0641. The number of aryl methyl sites for hydroxylation is 1. The van der Waals surface area contributed by atoms with E-state index in [1.54, 1.807) is 24.3 Å². The lowest BCUT2D eigenvalue weighted by Crippen LogP contribution is -2.46. The highest BCUT2D eigenvalue weighted by atomic mass is 79.9. The van der Waals surface area contributed by atoms with Gasteiger partial charge in [-0.3, -0.25) is 19.1 Å². The number of aliphatic hydroxyl groups is 1. The van der Waals surface area contributed by atoms with Gasteiger partial charge in [0.1, 0.15) is 41.3 Å². The highest BCUT2D eigenvalue weighted by molar-refractivity contribution is 9.10. The molecule has 1 aliphatic heterocycles. The van der Waals surface area contributed by atoms with Gasteiger partial charge < -0.3 is 24.9 Å². The third-order valence-corrected chi connectivity index (χ3v) is 10.1. The van der Waals surface area contributed by atoms with E-state index in [0.29, 0.717) is 5.56 Å². The van der Waals surface area contributed by atoms with Crippen LogP contribution in [0.15, 0.2) is 35.3 Å². The van der Waals surface area contributed by atoms with E-state index in [4.69, 9.17) is 19.5 Å². The SMILES string of the molecule is CC(=O)CCc1ccccc1OP(=O)(C[C@@H](C)C(C)=O)OC[C@H]1O[C@@](C#N)(c2cnc3c(=O)[nH]c(N)nn23)C(F)(Br)[C@H]1O. The number of H-pyrrole nitrogens is 1. The summed E-state index contributed by atoms with van der Waals surface area (Å²) >= 11 is 2.77. The summed E-state index contributed by atoms with van der Waals surface area (Å²) in [5, 5.41) is 25.0. The second-order valence-corrected chi connectivity index (χ2v) is 13.4. The van der Waals surface area contributed by atoms with Crippen molar-refractivity contribution in [3.8, 4) is 11.8 Å². The Morgan fingerprint density at radius 3 is 2.74 bits per heavy atom. The summed E-state index contributed by atoms with van der Waals surface area (Å²) in [5.74, 6) is -1.33. The molecule has 0 amide bonds. The number of rotatable bonds is 12. The molecule has 2 aromatic heterocycles. The van der Waals surface area contributed by atoms with Gasteiger partial charge in [-0.15, -0.1) is 5.10 Å². The van der Waals surface area contributed by atoms with Crippen molar-refractivity contribution in [3.63, 3.8) is 0 Å². The third-order valence-electron chi connectivity index (χ3n) is 7.01. The van der Waals surface area contributed by atoms with Crippen LogP contribution in [0.25, 0.3) is 5.65 Å². The van der Waals surface area contributed by atoms with E-state index < -0.39 is 48.1 Å². The van der Waals surface area contributed by atoms with E-state index in [-0.39, 0.29) is 53.6 Å². The summed E-state index contributed by atoms with van der Waals surface area (Å²) in [5.41, 5.74) is 2.09. The number of anilines is 1. The van der Waals surface area contributed by atoms with Crippen LogP contribution in [-0.4, -0.2) is 65.8 Å². The molecular formula is C26H29BrFN6O8P. The molecule has 1 fully saturated rings. The van der Waals surface area contributed by atoms with Crippen LogP contribution in [0.2, 0.25) is 0 Å². The Morgan fingerprint density at radius 2 is 2.09 bits per heavy atom. The molecule has 0 bridgehead atoms. The maximum atomic E-state index is 16.3.